The minimum Gasteiger partial charge on any atom is -0.460 e. The molecule has 0 aliphatic heterocycles. The highest BCUT2D eigenvalue weighted by Gasteiger charge is 2.14. The summed E-state index contributed by atoms with van der Waals surface area (Å²) >= 11 is 0. The highest BCUT2D eigenvalue weighted by molar-refractivity contribution is 6.56. The van der Waals surface area contributed by atoms with Crippen LogP contribution in [0, 0.1) is 0 Å². The molecule has 0 atom stereocenters. The van der Waals surface area contributed by atoms with E-state index in [1.165, 1.54) is 32.1 Å². The Morgan fingerprint density at radius 3 is 2.36 bits per heavy atom. The van der Waals surface area contributed by atoms with Gasteiger partial charge in [-0.1, -0.05) is 32.1 Å². The van der Waals surface area contributed by atoms with Crippen LogP contribution in [-0.4, -0.2) is 18.8 Å². The molecular formula is C8H19OSi2. The molecule has 1 saturated carbocycles. The Hall–Kier alpha value is 0.394. The summed E-state index contributed by atoms with van der Waals surface area (Å²) in [6.45, 7) is 4.50. The minimum absolute atomic E-state index is 0.137. The zero-order valence-electron chi connectivity index (χ0n) is 7.73. The van der Waals surface area contributed by atoms with Gasteiger partial charge in [0.25, 0.3) is 0 Å². The quantitative estimate of drug-likeness (QED) is 0.615. The second-order valence-corrected chi connectivity index (χ2v) is 8.18. The first-order valence-electron chi connectivity index (χ1n) is 4.72. The van der Waals surface area contributed by atoms with Crippen LogP contribution in [0.2, 0.25) is 18.6 Å². The van der Waals surface area contributed by atoms with Crippen molar-refractivity contribution in [3.05, 3.63) is 0 Å². The van der Waals surface area contributed by atoms with Crippen molar-refractivity contribution in [2.45, 2.75) is 50.7 Å². The Kier molecular flexibility index (Phi) is 4.41. The Labute approximate surface area is 74.2 Å². The molecule has 0 aromatic rings. The van der Waals surface area contributed by atoms with Gasteiger partial charge in [0.1, 0.15) is 9.76 Å². The third-order valence-electron chi connectivity index (χ3n) is 2.33. The van der Waals surface area contributed by atoms with Gasteiger partial charge in [-0.05, 0) is 18.6 Å². The third-order valence-corrected chi connectivity index (χ3v) is 6.60. The largest absolute Gasteiger partial charge is 0.460 e. The van der Waals surface area contributed by atoms with E-state index >= 15 is 0 Å². The molecule has 0 aromatic carbocycles. The van der Waals surface area contributed by atoms with E-state index < -0.39 is 0 Å². The topological polar surface area (TPSA) is 9.23 Å². The summed E-state index contributed by atoms with van der Waals surface area (Å²) in [5, 5.41) is 0. The Morgan fingerprint density at radius 2 is 1.82 bits per heavy atom. The van der Waals surface area contributed by atoms with Crippen molar-refractivity contribution in [3.63, 3.8) is 0 Å². The minimum atomic E-state index is -0.372. The van der Waals surface area contributed by atoms with Gasteiger partial charge in [-0.25, -0.2) is 0 Å². The lowest BCUT2D eigenvalue weighted by Gasteiger charge is -2.21. The number of rotatable bonds is 3. The summed E-state index contributed by atoms with van der Waals surface area (Å²) in [4.78, 5) is 0. The van der Waals surface area contributed by atoms with Crippen LogP contribution in [0.1, 0.15) is 32.1 Å². The Balaban J connectivity index is 2.05. The summed E-state index contributed by atoms with van der Waals surface area (Å²) in [7, 11) is -0.508. The molecule has 1 rings (SSSR count). The van der Waals surface area contributed by atoms with Gasteiger partial charge in [-0.15, -0.1) is 0 Å². The summed E-state index contributed by atoms with van der Waals surface area (Å²) in [5.41, 5.74) is 1.03. The van der Waals surface area contributed by atoms with Gasteiger partial charge in [-0.2, -0.15) is 0 Å². The van der Waals surface area contributed by atoms with Gasteiger partial charge in [0.2, 0.25) is 0 Å². The van der Waals surface area contributed by atoms with Gasteiger partial charge in [0.05, 0.1) is 0 Å². The normalized spacial score (nSPS) is 22.1. The van der Waals surface area contributed by atoms with Crippen LogP contribution < -0.4 is 0 Å². The highest BCUT2D eigenvalue weighted by Crippen LogP contribution is 2.27. The summed E-state index contributed by atoms with van der Waals surface area (Å²) in [6.07, 6.45) is 7.36. The molecule has 1 nitrogen and oxygen atoms in total. The van der Waals surface area contributed by atoms with Crippen LogP contribution in [-0.2, 0) is 4.12 Å². The zero-order chi connectivity index (χ0) is 8.10. The number of hydrogen-bond donors (Lipinski definition) is 0. The van der Waals surface area contributed by atoms with Crippen LogP contribution in [0.4, 0.5) is 0 Å². The molecule has 1 aliphatic carbocycles. The molecule has 11 heavy (non-hydrogen) atoms. The van der Waals surface area contributed by atoms with Gasteiger partial charge >= 0.3 is 0 Å². The van der Waals surface area contributed by atoms with Crippen molar-refractivity contribution < 1.29 is 4.12 Å². The fourth-order valence-electron chi connectivity index (χ4n) is 1.64. The van der Waals surface area contributed by atoms with Crippen LogP contribution in [0.25, 0.3) is 0 Å². The van der Waals surface area contributed by atoms with Crippen molar-refractivity contribution in [1.29, 1.82) is 0 Å². The fourth-order valence-corrected chi connectivity index (χ4v) is 4.83. The molecule has 1 fully saturated rings. The molecule has 3 heteroatoms. The van der Waals surface area contributed by atoms with Crippen LogP contribution >= 0.6 is 0 Å². The number of hydrogen-bond acceptors (Lipinski definition) is 1. The van der Waals surface area contributed by atoms with Crippen LogP contribution in [0.15, 0.2) is 0 Å². The summed E-state index contributed by atoms with van der Waals surface area (Å²) in [6, 6.07) is 0. The molecule has 0 amide bonds. The lowest BCUT2D eigenvalue weighted by Crippen LogP contribution is -2.18. The molecule has 0 spiro atoms. The van der Waals surface area contributed by atoms with E-state index in [1.807, 2.05) is 0 Å². The van der Waals surface area contributed by atoms with Crippen molar-refractivity contribution in [3.8, 4) is 0 Å². The molecule has 0 unspecified atom stereocenters. The van der Waals surface area contributed by atoms with E-state index in [0.29, 0.717) is 0 Å². The average Bonchev–Trinajstić information content (AvgIpc) is 2.03. The molecular weight excluding hydrogens is 168 g/mol. The lowest BCUT2D eigenvalue weighted by atomic mass is 10.0. The maximum absolute atomic E-state index is 5.82. The first-order valence-corrected chi connectivity index (χ1v) is 8.52. The van der Waals surface area contributed by atoms with Crippen molar-refractivity contribution in [2.75, 3.05) is 0 Å². The van der Waals surface area contributed by atoms with Gasteiger partial charge in [-0.3, -0.25) is 0 Å². The third kappa shape index (κ3) is 4.08. The highest BCUT2D eigenvalue weighted by atomic mass is 28.3. The van der Waals surface area contributed by atoms with Crippen molar-refractivity contribution in [1.82, 2.24) is 0 Å². The van der Waals surface area contributed by atoms with Gasteiger partial charge in [0.15, 0.2) is 9.04 Å². The standard InChI is InChI=1S/C8H19OSi2/c1-11(2)9-10-8-6-4-3-5-7-8/h8H,3-7,10H2,1-2H3. The van der Waals surface area contributed by atoms with E-state index in [-0.39, 0.29) is 18.8 Å². The SMILES string of the molecule is C[Si](C)O[SiH2]C1CCCCC1. The van der Waals surface area contributed by atoms with Gasteiger partial charge < -0.3 is 4.12 Å². The van der Waals surface area contributed by atoms with E-state index in [9.17, 15) is 0 Å². The molecule has 1 aliphatic rings. The lowest BCUT2D eigenvalue weighted by molar-refractivity contribution is 0.471. The Morgan fingerprint density at radius 1 is 1.18 bits per heavy atom. The van der Waals surface area contributed by atoms with E-state index in [1.54, 1.807) is 0 Å². The van der Waals surface area contributed by atoms with E-state index in [0.717, 1.165) is 5.54 Å². The average molecular weight is 187 g/mol. The monoisotopic (exact) mass is 187 g/mol. The molecule has 0 saturated heterocycles. The fraction of sp³-hybridized carbons (Fsp3) is 1.00. The molecule has 65 valence electrons. The second-order valence-electron chi connectivity index (χ2n) is 3.72. The smallest absolute Gasteiger partial charge is 0.190 e. The molecule has 0 bridgehead atoms. The van der Waals surface area contributed by atoms with Crippen molar-refractivity contribution >= 4 is 18.8 Å². The molecule has 0 N–H and O–H groups in total. The first kappa shape index (κ1) is 9.48. The van der Waals surface area contributed by atoms with E-state index in [2.05, 4.69) is 13.1 Å². The second kappa shape index (κ2) is 5.11. The van der Waals surface area contributed by atoms with Gasteiger partial charge in [0, 0.05) is 0 Å². The maximum Gasteiger partial charge on any atom is 0.190 e. The summed E-state index contributed by atoms with van der Waals surface area (Å²) in [5.74, 6) is 0. The Bertz CT molecular complexity index is 100. The zero-order valence-corrected chi connectivity index (χ0v) is 10.1. The first-order chi connectivity index (χ1) is 5.29. The predicted octanol–water partition coefficient (Wildman–Crippen LogP) is 2.09. The maximum atomic E-state index is 5.82. The van der Waals surface area contributed by atoms with Crippen molar-refractivity contribution in [2.24, 2.45) is 0 Å². The molecule has 1 radical (unpaired) electrons. The van der Waals surface area contributed by atoms with Crippen LogP contribution in [0.3, 0.4) is 0 Å². The van der Waals surface area contributed by atoms with Crippen LogP contribution in [0.5, 0.6) is 0 Å². The molecule has 0 heterocycles. The van der Waals surface area contributed by atoms with E-state index in [4.69, 9.17) is 4.12 Å². The predicted molar refractivity (Wildman–Crippen MR) is 53.9 cm³/mol. The summed E-state index contributed by atoms with van der Waals surface area (Å²) < 4.78 is 5.82. The molecule has 0 aromatic heterocycles.